The number of hydrogen-bond acceptors (Lipinski definition) is 5. The van der Waals surface area contributed by atoms with Crippen molar-refractivity contribution >= 4 is 28.5 Å². The van der Waals surface area contributed by atoms with Crippen LogP contribution in [0.25, 0.3) is 11.0 Å². The molecule has 0 aliphatic rings. The zero-order valence-electron chi connectivity index (χ0n) is 10.3. The number of carbonyl (C=O) groups is 1. The zero-order valence-corrected chi connectivity index (χ0v) is 11.0. The average molecular weight is 283 g/mol. The molecule has 0 bridgehead atoms. The van der Waals surface area contributed by atoms with Crippen LogP contribution in [0.5, 0.6) is 5.75 Å². The molecule has 0 saturated heterocycles. The molecule has 0 fully saturated rings. The van der Waals surface area contributed by atoms with E-state index in [0.717, 1.165) is 0 Å². The third-order valence-corrected chi connectivity index (χ3v) is 2.91. The molecule has 1 N–H and O–H groups in total. The second kappa shape index (κ2) is 4.93. The smallest absolute Gasteiger partial charge is 0.343 e. The van der Waals surface area contributed by atoms with E-state index in [-0.39, 0.29) is 21.9 Å². The van der Waals surface area contributed by atoms with E-state index in [1.54, 1.807) is 6.92 Å². The van der Waals surface area contributed by atoms with Gasteiger partial charge in [-0.2, -0.15) is 0 Å². The predicted octanol–water partition coefficient (Wildman–Crippen LogP) is 2.78. The molecule has 1 aromatic carbocycles. The van der Waals surface area contributed by atoms with Gasteiger partial charge in [-0.3, -0.25) is 4.79 Å². The molecule has 0 amide bonds. The summed E-state index contributed by atoms with van der Waals surface area (Å²) in [5, 5.41) is 10.1. The Balaban J connectivity index is 2.58. The molecule has 1 heterocycles. The van der Waals surface area contributed by atoms with E-state index in [9.17, 15) is 14.7 Å². The van der Waals surface area contributed by atoms with Gasteiger partial charge in [-0.1, -0.05) is 11.6 Å². The van der Waals surface area contributed by atoms with Gasteiger partial charge in [0.05, 0.1) is 10.6 Å². The molecule has 0 aliphatic carbocycles. The number of benzene rings is 1. The lowest BCUT2D eigenvalue weighted by atomic mass is 10.1. The molecular weight excluding hydrogens is 272 g/mol. The highest BCUT2D eigenvalue weighted by molar-refractivity contribution is 6.32. The SMILES string of the molecule is CC(=O)OC(C)c1cc2cc(Cl)c(O)cc2oc1=O. The second-order valence-electron chi connectivity index (χ2n) is 4.08. The summed E-state index contributed by atoms with van der Waals surface area (Å²) in [6.45, 7) is 2.83. The maximum Gasteiger partial charge on any atom is 0.343 e. The Bertz CT molecular complexity index is 704. The van der Waals surface area contributed by atoms with Crippen molar-refractivity contribution in [3.8, 4) is 5.75 Å². The minimum atomic E-state index is -0.717. The van der Waals surface area contributed by atoms with Crippen molar-refractivity contribution in [2.24, 2.45) is 0 Å². The first-order valence-electron chi connectivity index (χ1n) is 5.52. The fourth-order valence-electron chi connectivity index (χ4n) is 1.74. The Morgan fingerprint density at radius 2 is 2.11 bits per heavy atom. The Hall–Kier alpha value is -2.01. The van der Waals surface area contributed by atoms with Crippen LogP contribution in [0.4, 0.5) is 0 Å². The Morgan fingerprint density at radius 1 is 1.42 bits per heavy atom. The van der Waals surface area contributed by atoms with Gasteiger partial charge in [-0.25, -0.2) is 4.79 Å². The summed E-state index contributed by atoms with van der Waals surface area (Å²) >= 11 is 5.79. The molecule has 6 heteroatoms. The molecule has 0 aliphatic heterocycles. The number of phenolic OH excluding ortho intramolecular Hbond substituents is 1. The summed E-state index contributed by atoms with van der Waals surface area (Å²) < 4.78 is 10.0. The van der Waals surface area contributed by atoms with Crippen molar-refractivity contribution in [1.82, 2.24) is 0 Å². The van der Waals surface area contributed by atoms with Crippen LogP contribution < -0.4 is 5.63 Å². The van der Waals surface area contributed by atoms with E-state index in [1.165, 1.54) is 25.1 Å². The lowest BCUT2D eigenvalue weighted by Gasteiger charge is -2.11. The quantitative estimate of drug-likeness (QED) is 0.677. The molecule has 100 valence electrons. The van der Waals surface area contributed by atoms with Gasteiger partial charge in [-0.05, 0) is 19.1 Å². The summed E-state index contributed by atoms with van der Waals surface area (Å²) in [5.74, 6) is -0.658. The summed E-state index contributed by atoms with van der Waals surface area (Å²) in [5.41, 5.74) is -0.196. The number of rotatable bonds is 2. The summed E-state index contributed by atoms with van der Waals surface area (Å²) in [7, 11) is 0. The van der Waals surface area contributed by atoms with Crippen molar-refractivity contribution in [3.63, 3.8) is 0 Å². The third-order valence-electron chi connectivity index (χ3n) is 2.61. The second-order valence-corrected chi connectivity index (χ2v) is 4.49. The van der Waals surface area contributed by atoms with Crippen molar-refractivity contribution in [2.45, 2.75) is 20.0 Å². The largest absolute Gasteiger partial charge is 0.506 e. The summed E-state index contributed by atoms with van der Waals surface area (Å²) in [6, 6.07) is 4.26. The number of aromatic hydroxyl groups is 1. The molecule has 2 rings (SSSR count). The van der Waals surface area contributed by atoms with Crippen LogP contribution in [0.1, 0.15) is 25.5 Å². The lowest BCUT2D eigenvalue weighted by molar-refractivity contribution is -0.145. The Kier molecular flexibility index (Phi) is 3.48. The number of phenols is 1. The molecule has 1 atom stereocenters. The molecule has 19 heavy (non-hydrogen) atoms. The molecule has 0 saturated carbocycles. The fraction of sp³-hybridized carbons (Fsp3) is 0.231. The number of ether oxygens (including phenoxy) is 1. The van der Waals surface area contributed by atoms with Gasteiger partial charge in [0, 0.05) is 18.4 Å². The lowest BCUT2D eigenvalue weighted by Crippen LogP contribution is -2.14. The van der Waals surface area contributed by atoms with E-state index >= 15 is 0 Å². The Labute approximate surface area is 113 Å². The maximum atomic E-state index is 11.8. The van der Waals surface area contributed by atoms with E-state index in [4.69, 9.17) is 20.8 Å². The topological polar surface area (TPSA) is 76.7 Å². The third kappa shape index (κ3) is 2.71. The van der Waals surface area contributed by atoms with E-state index in [0.29, 0.717) is 5.39 Å². The molecule has 0 spiro atoms. The van der Waals surface area contributed by atoms with Crippen LogP contribution in [0.2, 0.25) is 5.02 Å². The molecule has 0 radical (unpaired) electrons. The molecule has 5 nitrogen and oxygen atoms in total. The van der Waals surface area contributed by atoms with Crippen LogP contribution in [0.3, 0.4) is 0 Å². The van der Waals surface area contributed by atoms with Crippen LogP contribution in [-0.4, -0.2) is 11.1 Å². The van der Waals surface area contributed by atoms with Gasteiger partial charge >= 0.3 is 11.6 Å². The highest BCUT2D eigenvalue weighted by Gasteiger charge is 2.16. The average Bonchev–Trinajstić information content (AvgIpc) is 2.29. The van der Waals surface area contributed by atoms with Gasteiger partial charge in [0.1, 0.15) is 17.4 Å². The molecule has 1 aromatic heterocycles. The minimum absolute atomic E-state index is 0.146. The zero-order chi connectivity index (χ0) is 14.2. The minimum Gasteiger partial charge on any atom is -0.506 e. The summed E-state index contributed by atoms with van der Waals surface area (Å²) in [6.07, 6.45) is -0.717. The first-order chi connectivity index (χ1) is 8.88. The normalized spacial score (nSPS) is 12.4. The van der Waals surface area contributed by atoms with Crippen molar-refractivity contribution in [1.29, 1.82) is 0 Å². The van der Waals surface area contributed by atoms with Gasteiger partial charge < -0.3 is 14.3 Å². The Morgan fingerprint density at radius 3 is 2.74 bits per heavy atom. The van der Waals surface area contributed by atoms with Gasteiger partial charge in [0.25, 0.3) is 0 Å². The predicted molar refractivity (Wildman–Crippen MR) is 69.3 cm³/mol. The van der Waals surface area contributed by atoms with Crippen molar-refractivity contribution in [2.75, 3.05) is 0 Å². The standard InChI is InChI=1S/C13H11ClO5/c1-6(18-7(2)15)9-3-8-4-10(14)11(16)5-12(8)19-13(9)17/h3-6,16H,1-2H3. The molecule has 2 aromatic rings. The van der Waals surface area contributed by atoms with Crippen molar-refractivity contribution < 1.29 is 19.1 Å². The number of carbonyl (C=O) groups excluding carboxylic acids is 1. The van der Waals surface area contributed by atoms with E-state index in [2.05, 4.69) is 0 Å². The summed E-state index contributed by atoms with van der Waals surface area (Å²) in [4.78, 5) is 22.7. The monoisotopic (exact) mass is 282 g/mol. The van der Waals surface area contributed by atoms with Gasteiger partial charge in [0.15, 0.2) is 0 Å². The molecule has 1 unspecified atom stereocenters. The van der Waals surface area contributed by atoms with Gasteiger partial charge in [-0.15, -0.1) is 0 Å². The van der Waals surface area contributed by atoms with E-state index in [1.807, 2.05) is 0 Å². The molecular formula is C13H11ClO5. The van der Waals surface area contributed by atoms with Crippen LogP contribution in [-0.2, 0) is 9.53 Å². The van der Waals surface area contributed by atoms with Crippen LogP contribution >= 0.6 is 11.6 Å². The number of hydrogen-bond donors (Lipinski definition) is 1. The highest BCUT2D eigenvalue weighted by Crippen LogP contribution is 2.29. The fourth-order valence-corrected chi connectivity index (χ4v) is 1.91. The number of esters is 1. The first kappa shape index (κ1) is 13.4. The van der Waals surface area contributed by atoms with Crippen molar-refractivity contribution in [3.05, 3.63) is 39.2 Å². The van der Waals surface area contributed by atoms with Gasteiger partial charge in [0.2, 0.25) is 0 Å². The maximum absolute atomic E-state index is 11.8. The number of halogens is 1. The first-order valence-corrected chi connectivity index (χ1v) is 5.89. The van der Waals surface area contributed by atoms with Crippen LogP contribution in [0, 0.1) is 0 Å². The highest BCUT2D eigenvalue weighted by atomic mass is 35.5. The number of fused-ring (bicyclic) bond motifs is 1. The van der Waals surface area contributed by atoms with E-state index < -0.39 is 17.7 Å². The van der Waals surface area contributed by atoms with Crippen LogP contribution in [0.15, 0.2) is 27.4 Å².